The number of likely N-dealkylation sites (tertiary alicyclic amines) is 1. The lowest BCUT2D eigenvalue weighted by atomic mass is 9.88. The predicted molar refractivity (Wildman–Crippen MR) is 116 cm³/mol. The standard InChI is InChI=1S/C25H30N2O3/c28-25(26-21-9-3-7-18-6-1-2-8-20(18)21)17-27-13-4-10-22(27)19-11-12-23-24(16-19)30-15-5-14-29-23/h1-2,6,8,11-12,16,21-22H,3-5,7,9-10,13-15,17H2,(H,26,28)/t21-,22+/m1/s1. The quantitative estimate of drug-likeness (QED) is 0.828. The van der Waals surface area contributed by atoms with E-state index in [1.54, 1.807) is 0 Å². The maximum atomic E-state index is 12.9. The van der Waals surface area contributed by atoms with Crippen LogP contribution in [-0.4, -0.2) is 37.1 Å². The second-order valence-electron chi connectivity index (χ2n) is 8.60. The molecule has 1 aliphatic carbocycles. The molecule has 2 aromatic rings. The fourth-order valence-electron chi connectivity index (χ4n) is 5.11. The smallest absolute Gasteiger partial charge is 0.234 e. The molecular weight excluding hydrogens is 376 g/mol. The van der Waals surface area contributed by atoms with Gasteiger partial charge in [-0.1, -0.05) is 30.3 Å². The molecule has 0 spiro atoms. The minimum Gasteiger partial charge on any atom is -0.490 e. The largest absolute Gasteiger partial charge is 0.490 e. The van der Waals surface area contributed by atoms with E-state index in [0.29, 0.717) is 19.8 Å². The van der Waals surface area contributed by atoms with Gasteiger partial charge in [-0.15, -0.1) is 0 Å². The van der Waals surface area contributed by atoms with Gasteiger partial charge in [-0.2, -0.15) is 0 Å². The minimum absolute atomic E-state index is 0.123. The number of aryl methyl sites for hydroxylation is 1. The molecule has 3 aliphatic rings. The van der Waals surface area contributed by atoms with Crippen LogP contribution in [0.4, 0.5) is 0 Å². The Morgan fingerprint density at radius 2 is 1.87 bits per heavy atom. The molecule has 5 heteroatoms. The molecular formula is C25H30N2O3. The van der Waals surface area contributed by atoms with E-state index in [9.17, 15) is 4.79 Å². The summed E-state index contributed by atoms with van der Waals surface area (Å²) in [6.07, 6.45) is 6.35. The van der Waals surface area contributed by atoms with E-state index in [4.69, 9.17) is 9.47 Å². The molecule has 2 aromatic carbocycles. The minimum atomic E-state index is 0.123. The van der Waals surface area contributed by atoms with Gasteiger partial charge in [-0.25, -0.2) is 0 Å². The number of rotatable bonds is 4. The summed E-state index contributed by atoms with van der Waals surface area (Å²) in [6, 6.07) is 15.2. The highest BCUT2D eigenvalue weighted by Gasteiger charge is 2.30. The molecule has 2 aliphatic heterocycles. The first kappa shape index (κ1) is 19.4. The summed E-state index contributed by atoms with van der Waals surface area (Å²) in [5.41, 5.74) is 3.88. The van der Waals surface area contributed by atoms with Crippen LogP contribution in [0, 0.1) is 0 Å². The molecule has 5 rings (SSSR count). The first-order valence-electron chi connectivity index (χ1n) is 11.3. The predicted octanol–water partition coefficient (Wildman–Crippen LogP) is 4.18. The van der Waals surface area contributed by atoms with Crippen LogP contribution in [0.3, 0.4) is 0 Å². The number of fused-ring (bicyclic) bond motifs is 2. The molecule has 158 valence electrons. The third-order valence-electron chi connectivity index (χ3n) is 6.57. The van der Waals surface area contributed by atoms with E-state index in [-0.39, 0.29) is 18.0 Å². The van der Waals surface area contributed by atoms with Crippen LogP contribution in [0.1, 0.15) is 60.9 Å². The van der Waals surface area contributed by atoms with Crippen LogP contribution < -0.4 is 14.8 Å². The molecule has 0 saturated carbocycles. The van der Waals surface area contributed by atoms with Crippen molar-refractivity contribution in [2.75, 3.05) is 26.3 Å². The number of ether oxygens (including phenoxy) is 2. The second-order valence-corrected chi connectivity index (χ2v) is 8.60. The van der Waals surface area contributed by atoms with Crippen molar-refractivity contribution < 1.29 is 14.3 Å². The maximum Gasteiger partial charge on any atom is 0.234 e. The van der Waals surface area contributed by atoms with E-state index in [1.807, 2.05) is 6.07 Å². The average molecular weight is 407 g/mol. The summed E-state index contributed by atoms with van der Waals surface area (Å²) >= 11 is 0. The van der Waals surface area contributed by atoms with E-state index in [1.165, 1.54) is 16.7 Å². The molecule has 2 atom stereocenters. The number of hydrogen-bond donors (Lipinski definition) is 1. The fourth-order valence-corrected chi connectivity index (χ4v) is 5.11. The Bertz CT molecular complexity index is 913. The number of carbonyl (C=O) groups is 1. The van der Waals surface area contributed by atoms with E-state index in [2.05, 4.69) is 46.6 Å². The van der Waals surface area contributed by atoms with Crippen molar-refractivity contribution in [1.29, 1.82) is 0 Å². The van der Waals surface area contributed by atoms with Crippen LogP contribution in [0.15, 0.2) is 42.5 Å². The topological polar surface area (TPSA) is 50.8 Å². The van der Waals surface area contributed by atoms with Crippen LogP contribution in [0.2, 0.25) is 0 Å². The van der Waals surface area contributed by atoms with Gasteiger partial charge in [0.15, 0.2) is 11.5 Å². The summed E-state index contributed by atoms with van der Waals surface area (Å²) in [6.45, 7) is 2.79. The van der Waals surface area contributed by atoms with Gasteiger partial charge in [-0.05, 0) is 67.5 Å². The van der Waals surface area contributed by atoms with Gasteiger partial charge in [0.05, 0.1) is 25.8 Å². The molecule has 0 unspecified atom stereocenters. The van der Waals surface area contributed by atoms with Crippen molar-refractivity contribution in [3.63, 3.8) is 0 Å². The van der Waals surface area contributed by atoms with E-state index < -0.39 is 0 Å². The zero-order valence-electron chi connectivity index (χ0n) is 17.4. The number of nitrogens with one attached hydrogen (secondary N) is 1. The lowest BCUT2D eigenvalue weighted by molar-refractivity contribution is -0.123. The lowest BCUT2D eigenvalue weighted by Crippen LogP contribution is -2.39. The molecule has 1 saturated heterocycles. The van der Waals surface area contributed by atoms with Crippen LogP contribution in [-0.2, 0) is 11.2 Å². The van der Waals surface area contributed by atoms with Gasteiger partial charge < -0.3 is 14.8 Å². The molecule has 0 radical (unpaired) electrons. The Morgan fingerprint density at radius 3 is 2.80 bits per heavy atom. The van der Waals surface area contributed by atoms with Gasteiger partial charge in [0.25, 0.3) is 0 Å². The lowest BCUT2D eigenvalue weighted by Gasteiger charge is -2.29. The van der Waals surface area contributed by atoms with Gasteiger partial charge in [0, 0.05) is 12.5 Å². The number of hydrogen-bond acceptors (Lipinski definition) is 4. The third-order valence-corrected chi connectivity index (χ3v) is 6.57. The van der Waals surface area contributed by atoms with Crippen molar-refractivity contribution in [1.82, 2.24) is 10.2 Å². The van der Waals surface area contributed by atoms with Gasteiger partial charge in [-0.3, -0.25) is 9.69 Å². The zero-order chi connectivity index (χ0) is 20.3. The Balaban J connectivity index is 1.26. The van der Waals surface area contributed by atoms with Gasteiger partial charge in [0.1, 0.15) is 0 Å². The average Bonchev–Trinajstić information content (AvgIpc) is 3.09. The number of carbonyl (C=O) groups excluding carboxylic acids is 1. The number of nitrogens with zero attached hydrogens (tertiary/aromatic N) is 1. The second kappa shape index (κ2) is 8.68. The summed E-state index contributed by atoms with van der Waals surface area (Å²) in [4.78, 5) is 15.2. The van der Waals surface area contributed by atoms with Crippen molar-refractivity contribution in [3.05, 3.63) is 59.2 Å². The summed E-state index contributed by atoms with van der Waals surface area (Å²) < 4.78 is 11.6. The first-order valence-corrected chi connectivity index (χ1v) is 11.3. The first-order chi connectivity index (χ1) is 14.8. The Hall–Kier alpha value is -2.53. The molecule has 5 nitrogen and oxygen atoms in total. The summed E-state index contributed by atoms with van der Waals surface area (Å²) in [7, 11) is 0. The van der Waals surface area contributed by atoms with Crippen LogP contribution in [0.5, 0.6) is 11.5 Å². The van der Waals surface area contributed by atoms with Gasteiger partial charge in [0.2, 0.25) is 5.91 Å². The summed E-state index contributed by atoms with van der Waals surface area (Å²) in [5, 5.41) is 3.31. The van der Waals surface area contributed by atoms with E-state index in [0.717, 1.165) is 56.6 Å². The number of benzene rings is 2. The molecule has 30 heavy (non-hydrogen) atoms. The zero-order valence-corrected chi connectivity index (χ0v) is 17.4. The monoisotopic (exact) mass is 406 g/mol. The molecule has 1 amide bonds. The highest BCUT2D eigenvalue weighted by molar-refractivity contribution is 5.78. The number of amides is 1. The Morgan fingerprint density at radius 1 is 1.00 bits per heavy atom. The third kappa shape index (κ3) is 4.04. The highest BCUT2D eigenvalue weighted by Crippen LogP contribution is 2.38. The molecule has 1 N–H and O–H groups in total. The fraction of sp³-hybridized carbons (Fsp3) is 0.480. The van der Waals surface area contributed by atoms with Crippen LogP contribution in [0.25, 0.3) is 0 Å². The molecule has 0 aromatic heterocycles. The Kier molecular flexibility index (Phi) is 5.63. The normalized spacial score (nSPS) is 23.5. The van der Waals surface area contributed by atoms with Crippen molar-refractivity contribution >= 4 is 5.91 Å². The molecule has 0 bridgehead atoms. The van der Waals surface area contributed by atoms with Crippen molar-refractivity contribution in [2.45, 2.75) is 50.6 Å². The van der Waals surface area contributed by atoms with Gasteiger partial charge >= 0.3 is 0 Å². The van der Waals surface area contributed by atoms with Crippen LogP contribution >= 0.6 is 0 Å². The van der Waals surface area contributed by atoms with E-state index >= 15 is 0 Å². The maximum absolute atomic E-state index is 12.9. The van der Waals surface area contributed by atoms with Crippen molar-refractivity contribution in [3.8, 4) is 11.5 Å². The Labute approximate surface area is 178 Å². The summed E-state index contributed by atoms with van der Waals surface area (Å²) in [5.74, 6) is 1.78. The molecule has 2 heterocycles. The highest BCUT2D eigenvalue weighted by atomic mass is 16.5. The van der Waals surface area contributed by atoms with Crippen molar-refractivity contribution in [2.24, 2.45) is 0 Å². The molecule has 1 fully saturated rings. The SMILES string of the molecule is O=C(CN1CCC[C@H]1c1ccc2c(c1)OCCCO2)N[C@@H]1CCCc2ccccc21.